The van der Waals surface area contributed by atoms with Crippen molar-refractivity contribution in [1.29, 1.82) is 0 Å². The van der Waals surface area contributed by atoms with Crippen LogP contribution in [0.4, 0.5) is 24.5 Å². The third-order valence-corrected chi connectivity index (χ3v) is 4.68. The summed E-state index contributed by atoms with van der Waals surface area (Å²) < 4.78 is 143. The number of hydrogen-bond donors (Lipinski definition) is 0. The lowest BCUT2D eigenvalue weighted by atomic mass is 10.0. The molecule has 2 aliphatic heterocycles. The Morgan fingerprint density at radius 1 is 1.15 bits per heavy atom. The van der Waals surface area contributed by atoms with E-state index in [-0.39, 0.29) is 35.9 Å². The van der Waals surface area contributed by atoms with Crippen molar-refractivity contribution >= 4 is 23.3 Å². The van der Waals surface area contributed by atoms with Crippen molar-refractivity contribution < 1.29 is 47.3 Å². The average molecular weight is 483 g/mol. The lowest BCUT2D eigenvalue weighted by Crippen LogP contribution is -2.50. The van der Waals surface area contributed by atoms with Gasteiger partial charge in [0.15, 0.2) is 0 Å². The van der Waals surface area contributed by atoms with Crippen molar-refractivity contribution in [3.8, 4) is 0 Å². The van der Waals surface area contributed by atoms with Gasteiger partial charge in [-0.2, -0.15) is 13.2 Å². The predicted molar refractivity (Wildman–Crippen MR) is 119 cm³/mol. The van der Waals surface area contributed by atoms with Gasteiger partial charge in [-0.1, -0.05) is 0 Å². The molecule has 0 aliphatic carbocycles. The van der Waals surface area contributed by atoms with Gasteiger partial charge >= 0.3 is 18.1 Å². The third-order valence-electron chi connectivity index (χ3n) is 4.68. The van der Waals surface area contributed by atoms with Crippen molar-refractivity contribution in [3.05, 3.63) is 23.8 Å². The molecule has 2 heterocycles. The third kappa shape index (κ3) is 6.38. The second-order valence-corrected chi connectivity index (χ2v) is 8.34. The first-order valence-electron chi connectivity index (χ1n) is 15.6. The van der Waals surface area contributed by atoms with Crippen LogP contribution in [0, 0.1) is 0 Å². The first-order chi connectivity index (χ1) is 19.6. The van der Waals surface area contributed by atoms with E-state index in [1.807, 2.05) is 0 Å². The first-order valence-corrected chi connectivity index (χ1v) is 10.1. The molecular formula is C23H32F3N3O4. The number of alkyl halides is 3. The minimum absolute atomic E-state index is 0.0592. The van der Waals surface area contributed by atoms with Crippen LogP contribution in [-0.2, 0) is 14.3 Å². The van der Waals surface area contributed by atoms with Gasteiger partial charge in [0.25, 0.3) is 0 Å². The van der Waals surface area contributed by atoms with Crippen LogP contribution in [0.1, 0.15) is 59.0 Å². The fraction of sp³-hybridized carbons (Fsp3) is 0.652. The second kappa shape index (κ2) is 9.89. The Hall–Kier alpha value is -2.33. The van der Waals surface area contributed by atoms with E-state index in [2.05, 4.69) is 0 Å². The molecule has 0 saturated carbocycles. The molecule has 1 aromatic rings. The van der Waals surface area contributed by atoms with Gasteiger partial charge in [-0.25, -0.2) is 4.79 Å². The molecular weight excluding hydrogens is 439 g/mol. The Balaban J connectivity index is 2.38. The molecule has 0 N–H and O–H groups in total. The molecule has 2 saturated heterocycles. The van der Waals surface area contributed by atoms with Crippen molar-refractivity contribution in [2.75, 3.05) is 56.0 Å². The first kappa shape index (κ1) is 14.2. The van der Waals surface area contributed by atoms with Crippen LogP contribution in [0.5, 0.6) is 0 Å². The molecule has 0 spiro atoms. The van der Waals surface area contributed by atoms with Crippen molar-refractivity contribution in [2.24, 2.45) is 0 Å². The summed E-state index contributed by atoms with van der Waals surface area (Å²) in [4.78, 5) is 25.7. The number of piperazine rings is 1. The number of anilines is 2. The number of benzene rings is 1. The Labute approximate surface area is 207 Å². The molecule has 0 radical (unpaired) electrons. The van der Waals surface area contributed by atoms with E-state index in [9.17, 15) is 22.8 Å². The Bertz CT molecular complexity index is 1250. The molecule has 1 aromatic carbocycles. The van der Waals surface area contributed by atoms with Gasteiger partial charge in [-0.3, -0.25) is 4.79 Å². The van der Waals surface area contributed by atoms with Crippen molar-refractivity contribution in [2.45, 2.75) is 51.4 Å². The highest BCUT2D eigenvalue weighted by atomic mass is 19.4. The van der Waals surface area contributed by atoms with Crippen LogP contribution in [0.15, 0.2) is 18.2 Å². The standard InChI is InChI=1S/C23H32F3N3O4/c1-22(2,3)33-20(30)18-6-5-17(28-11-9-27(4)10-12-28)15-19(18)29(21(31)23(24,25)26)16-7-13-32-14-8-16/h5-6,15-16H,7-14H2,1-4H3/i4D3,9D2,10D2,11D2,12D2. The summed E-state index contributed by atoms with van der Waals surface area (Å²) in [5.74, 6) is -3.62. The molecule has 0 unspecified atom stereocenters. The molecule has 0 bridgehead atoms. The SMILES string of the molecule is [2H]C([2H])([2H])N1C([2H])([2H])C([2H])([2H])N(c2ccc(C(=O)OC(C)(C)C)c(N(C(=O)C(F)(F)F)C3CCOCC3)c2)C([2H])([2H])C1([2H])[2H]. The molecule has 2 fully saturated rings. The molecule has 184 valence electrons. The van der Waals surface area contributed by atoms with Gasteiger partial charge in [0.05, 0.1) is 16.7 Å². The van der Waals surface area contributed by atoms with E-state index in [4.69, 9.17) is 24.6 Å². The number of carbonyl (C=O) groups is 2. The maximum absolute atomic E-state index is 14.0. The number of amides is 1. The molecule has 33 heavy (non-hydrogen) atoms. The van der Waals surface area contributed by atoms with Gasteiger partial charge in [0.1, 0.15) is 5.60 Å². The number of rotatable bonds is 4. The van der Waals surface area contributed by atoms with Crippen LogP contribution >= 0.6 is 0 Å². The molecule has 0 aromatic heterocycles. The summed E-state index contributed by atoms with van der Waals surface area (Å²) in [6, 6.07) is 1.05. The van der Waals surface area contributed by atoms with Crippen molar-refractivity contribution in [3.63, 3.8) is 0 Å². The number of esters is 1. The monoisotopic (exact) mass is 482 g/mol. The Kier molecular flexibility index (Phi) is 4.24. The summed E-state index contributed by atoms with van der Waals surface area (Å²) in [5.41, 5.74) is -3.37. The van der Waals surface area contributed by atoms with Crippen LogP contribution in [-0.4, -0.2) is 80.8 Å². The number of likely N-dealkylation sites (N-methyl/N-ethyl adjacent to an activating group) is 1. The van der Waals surface area contributed by atoms with Crippen LogP contribution in [0.2, 0.25) is 0 Å². The van der Waals surface area contributed by atoms with Gasteiger partial charge in [0, 0.05) is 60.5 Å². The minimum Gasteiger partial charge on any atom is -0.456 e. The molecule has 1 amide bonds. The highest BCUT2D eigenvalue weighted by molar-refractivity contribution is 6.05. The number of ether oxygens (including phenoxy) is 2. The number of halogens is 3. The van der Waals surface area contributed by atoms with E-state index < -0.39 is 84.5 Å². The summed E-state index contributed by atoms with van der Waals surface area (Å²) in [6.07, 6.45) is -5.73. The Morgan fingerprint density at radius 2 is 1.79 bits per heavy atom. The zero-order valence-electron chi connectivity index (χ0n) is 29.2. The van der Waals surface area contributed by atoms with Gasteiger partial charge < -0.3 is 24.2 Å². The topological polar surface area (TPSA) is 62.3 Å². The van der Waals surface area contributed by atoms with Gasteiger partial charge in [0.2, 0.25) is 0 Å². The summed E-state index contributed by atoms with van der Waals surface area (Å²) in [7, 11) is 0. The normalized spacial score (nSPS) is 30.2. The smallest absolute Gasteiger partial charge is 0.456 e. The Morgan fingerprint density at radius 3 is 2.33 bits per heavy atom. The quantitative estimate of drug-likeness (QED) is 0.613. The largest absolute Gasteiger partial charge is 0.471 e. The predicted octanol–water partition coefficient (Wildman–Crippen LogP) is 3.47. The van der Waals surface area contributed by atoms with E-state index in [0.717, 1.165) is 12.1 Å². The van der Waals surface area contributed by atoms with Crippen LogP contribution in [0.3, 0.4) is 0 Å². The maximum atomic E-state index is 14.0. The van der Waals surface area contributed by atoms with E-state index >= 15 is 0 Å². The highest BCUT2D eigenvalue weighted by Crippen LogP contribution is 2.35. The fourth-order valence-electron chi connectivity index (χ4n) is 3.30. The number of hydrogen-bond acceptors (Lipinski definition) is 6. The van der Waals surface area contributed by atoms with Crippen molar-refractivity contribution in [1.82, 2.24) is 4.90 Å². The fourth-order valence-corrected chi connectivity index (χ4v) is 3.30. The lowest BCUT2D eigenvalue weighted by molar-refractivity contribution is -0.171. The lowest BCUT2D eigenvalue weighted by Gasteiger charge is -2.38. The summed E-state index contributed by atoms with van der Waals surface area (Å²) in [5, 5.41) is 0. The van der Waals surface area contributed by atoms with E-state index in [0.29, 0.717) is 6.07 Å². The van der Waals surface area contributed by atoms with E-state index in [1.54, 1.807) is 0 Å². The molecule has 10 heteroatoms. The zero-order valence-corrected chi connectivity index (χ0v) is 18.2. The van der Waals surface area contributed by atoms with Gasteiger partial charge in [-0.05, 0) is 58.8 Å². The molecule has 2 aliphatic rings. The van der Waals surface area contributed by atoms with Crippen LogP contribution < -0.4 is 9.80 Å². The van der Waals surface area contributed by atoms with Crippen LogP contribution in [0.25, 0.3) is 0 Å². The molecule has 7 nitrogen and oxygen atoms in total. The zero-order chi connectivity index (χ0) is 34.1. The minimum atomic E-state index is -5.48. The molecule has 0 atom stereocenters. The number of nitrogens with zero attached hydrogens (tertiary/aromatic N) is 3. The second-order valence-electron chi connectivity index (χ2n) is 8.34. The molecule has 3 rings (SSSR count). The highest BCUT2D eigenvalue weighted by Gasteiger charge is 2.46. The number of carbonyl (C=O) groups excluding carboxylic acids is 2. The van der Waals surface area contributed by atoms with Gasteiger partial charge in [-0.15, -0.1) is 0 Å². The summed E-state index contributed by atoms with van der Waals surface area (Å²) in [6.45, 7) is -14.4. The summed E-state index contributed by atoms with van der Waals surface area (Å²) >= 11 is 0. The van der Waals surface area contributed by atoms with E-state index in [1.165, 1.54) is 20.8 Å². The maximum Gasteiger partial charge on any atom is 0.471 e. The average Bonchev–Trinajstić information content (AvgIpc) is 2.81.